The van der Waals surface area contributed by atoms with Crippen molar-refractivity contribution < 1.29 is 23.1 Å². The molecule has 0 aromatic heterocycles. The van der Waals surface area contributed by atoms with E-state index in [1.807, 2.05) is 30.3 Å². The average Bonchev–Trinajstić information content (AvgIpc) is 2.68. The number of amides is 1. The van der Waals surface area contributed by atoms with Crippen molar-refractivity contribution in [2.75, 3.05) is 11.6 Å². The highest BCUT2D eigenvalue weighted by Gasteiger charge is 2.15. The second-order valence-electron chi connectivity index (χ2n) is 6.21. The minimum Gasteiger partial charge on any atom is -0.507 e. The Bertz CT molecular complexity index is 1080. The summed E-state index contributed by atoms with van der Waals surface area (Å²) >= 11 is 0. The highest BCUT2D eigenvalue weighted by atomic mass is 32.2. The van der Waals surface area contributed by atoms with Gasteiger partial charge in [0.25, 0.3) is 5.91 Å². The SMILES string of the molecule is CS(=O)(=O)c1cc(NC(=O)c2ccc(COc3ccccc3)cc2)ccc1O. The largest absolute Gasteiger partial charge is 0.507 e. The maximum absolute atomic E-state index is 12.4. The molecule has 0 saturated heterocycles. The Kier molecular flexibility index (Phi) is 5.65. The molecule has 0 radical (unpaired) electrons. The number of aromatic hydroxyl groups is 1. The minimum atomic E-state index is -3.61. The van der Waals surface area contributed by atoms with Gasteiger partial charge in [-0.3, -0.25) is 4.79 Å². The van der Waals surface area contributed by atoms with Gasteiger partial charge in [-0.2, -0.15) is 0 Å². The summed E-state index contributed by atoms with van der Waals surface area (Å²) in [7, 11) is -3.61. The summed E-state index contributed by atoms with van der Waals surface area (Å²) in [6.07, 6.45) is 0.990. The highest BCUT2D eigenvalue weighted by Crippen LogP contribution is 2.26. The van der Waals surface area contributed by atoms with E-state index >= 15 is 0 Å². The van der Waals surface area contributed by atoms with Crippen LogP contribution in [0.2, 0.25) is 0 Å². The zero-order valence-electron chi connectivity index (χ0n) is 15.1. The van der Waals surface area contributed by atoms with E-state index in [0.717, 1.165) is 17.6 Å². The molecule has 3 aromatic rings. The number of para-hydroxylation sites is 1. The number of phenols is 1. The predicted octanol–water partition coefficient (Wildman–Crippen LogP) is 3.63. The molecule has 6 nitrogen and oxygen atoms in total. The Morgan fingerprint density at radius 1 is 1.00 bits per heavy atom. The standard InChI is InChI=1S/C21H19NO5S/c1-28(25,26)20-13-17(11-12-19(20)23)22-21(24)16-9-7-15(8-10-16)14-27-18-5-3-2-4-6-18/h2-13,23H,14H2,1H3,(H,22,24). The number of anilines is 1. The molecule has 144 valence electrons. The lowest BCUT2D eigenvalue weighted by Crippen LogP contribution is -2.12. The van der Waals surface area contributed by atoms with Crippen LogP contribution in [-0.4, -0.2) is 25.7 Å². The fourth-order valence-electron chi connectivity index (χ4n) is 2.53. The molecule has 0 unspecified atom stereocenters. The average molecular weight is 397 g/mol. The Balaban J connectivity index is 1.66. The van der Waals surface area contributed by atoms with Crippen molar-refractivity contribution in [2.24, 2.45) is 0 Å². The lowest BCUT2D eigenvalue weighted by atomic mass is 10.1. The van der Waals surface area contributed by atoms with Crippen molar-refractivity contribution in [1.29, 1.82) is 0 Å². The number of sulfone groups is 1. The predicted molar refractivity (Wildman–Crippen MR) is 106 cm³/mol. The number of benzene rings is 3. The van der Waals surface area contributed by atoms with Gasteiger partial charge in [0.05, 0.1) is 0 Å². The zero-order valence-corrected chi connectivity index (χ0v) is 15.9. The molecule has 0 bridgehead atoms. The van der Waals surface area contributed by atoms with E-state index in [1.54, 1.807) is 24.3 Å². The van der Waals surface area contributed by atoms with Gasteiger partial charge in [0.15, 0.2) is 9.84 Å². The van der Waals surface area contributed by atoms with Gasteiger partial charge in [-0.15, -0.1) is 0 Å². The number of hydrogen-bond donors (Lipinski definition) is 2. The molecule has 0 heterocycles. The van der Waals surface area contributed by atoms with Gasteiger partial charge in [-0.25, -0.2) is 8.42 Å². The molecule has 0 aliphatic rings. The molecular weight excluding hydrogens is 378 g/mol. The van der Waals surface area contributed by atoms with Crippen LogP contribution in [0.25, 0.3) is 0 Å². The maximum Gasteiger partial charge on any atom is 0.255 e. The van der Waals surface area contributed by atoms with Crippen molar-refractivity contribution in [3.8, 4) is 11.5 Å². The van der Waals surface area contributed by atoms with Gasteiger partial charge in [0.2, 0.25) is 0 Å². The highest BCUT2D eigenvalue weighted by molar-refractivity contribution is 7.90. The molecule has 2 N–H and O–H groups in total. The van der Waals surface area contributed by atoms with E-state index < -0.39 is 9.84 Å². The molecule has 3 rings (SSSR count). The molecule has 3 aromatic carbocycles. The van der Waals surface area contributed by atoms with Crippen LogP contribution >= 0.6 is 0 Å². The summed E-state index contributed by atoms with van der Waals surface area (Å²) in [5.41, 5.74) is 1.60. The molecule has 0 saturated carbocycles. The van der Waals surface area contributed by atoms with E-state index in [9.17, 15) is 18.3 Å². The summed E-state index contributed by atoms with van der Waals surface area (Å²) in [5.74, 6) is 0.0160. The first-order valence-corrected chi connectivity index (χ1v) is 10.3. The van der Waals surface area contributed by atoms with Crippen LogP contribution in [0.3, 0.4) is 0 Å². The number of carbonyl (C=O) groups is 1. The van der Waals surface area contributed by atoms with Crippen LogP contribution in [0, 0.1) is 0 Å². The number of ether oxygens (including phenoxy) is 1. The van der Waals surface area contributed by atoms with Crippen molar-refractivity contribution in [3.05, 3.63) is 83.9 Å². The molecular formula is C21H19NO5S. The normalized spacial score (nSPS) is 11.0. The maximum atomic E-state index is 12.4. The third-order valence-corrected chi connectivity index (χ3v) is 5.11. The minimum absolute atomic E-state index is 0.237. The van der Waals surface area contributed by atoms with Gasteiger partial charge in [-0.1, -0.05) is 30.3 Å². The Morgan fingerprint density at radius 2 is 1.68 bits per heavy atom. The molecule has 0 spiro atoms. The van der Waals surface area contributed by atoms with Gasteiger partial charge >= 0.3 is 0 Å². The van der Waals surface area contributed by atoms with Crippen LogP contribution in [0.4, 0.5) is 5.69 Å². The summed E-state index contributed by atoms with van der Waals surface area (Å²) in [4.78, 5) is 12.2. The molecule has 0 aliphatic heterocycles. The number of rotatable bonds is 6. The Hall–Kier alpha value is -3.32. The fourth-order valence-corrected chi connectivity index (χ4v) is 3.32. The lowest BCUT2D eigenvalue weighted by molar-refractivity contribution is 0.102. The Morgan fingerprint density at radius 3 is 2.32 bits per heavy atom. The van der Waals surface area contributed by atoms with Crippen molar-refractivity contribution in [3.63, 3.8) is 0 Å². The lowest BCUT2D eigenvalue weighted by Gasteiger charge is -2.09. The topological polar surface area (TPSA) is 92.7 Å². The number of hydrogen-bond acceptors (Lipinski definition) is 5. The monoisotopic (exact) mass is 397 g/mol. The number of carbonyl (C=O) groups excluding carboxylic acids is 1. The fraction of sp³-hybridized carbons (Fsp3) is 0.0952. The van der Waals surface area contributed by atoms with E-state index in [4.69, 9.17) is 4.74 Å². The van der Waals surface area contributed by atoms with Crippen molar-refractivity contribution in [2.45, 2.75) is 11.5 Å². The van der Waals surface area contributed by atoms with Crippen molar-refractivity contribution in [1.82, 2.24) is 0 Å². The van der Waals surface area contributed by atoms with E-state index in [0.29, 0.717) is 12.2 Å². The summed E-state index contributed by atoms with van der Waals surface area (Å²) in [6, 6.07) is 20.2. The second kappa shape index (κ2) is 8.14. The Labute approximate surface area is 163 Å². The summed E-state index contributed by atoms with van der Waals surface area (Å²) < 4.78 is 29.0. The van der Waals surface area contributed by atoms with Crippen LogP contribution in [0.1, 0.15) is 15.9 Å². The van der Waals surface area contributed by atoms with Gasteiger partial charge < -0.3 is 15.2 Å². The van der Waals surface area contributed by atoms with E-state index in [-0.39, 0.29) is 22.2 Å². The van der Waals surface area contributed by atoms with Crippen LogP contribution in [-0.2, 0) is 16.4 Å². The van der Waals surface area contributed by atoms with Crippen LogP contribution < -0.4 is 10.1 Å². The summed E-state index contributed by atoms with van der Waals surface area (Å²) in [5, 5.41) is 12.3. The van der Waals surface area contributed by atoms with E-state index in [1.165, 1.54) is 18.2 Å². The quantitative estimate of drug-likeness (QED) is 0.620. The zero-order chi connectivity index (χ0) is 20.1. The smallest absolute Gasteiger partial charge is 0.255 e. The van der Waals surface area contributed by atoms with Gasteiger partial charge in [0.1, 0.15) is 23.0 Å². The molecule has 0 aliphatic carbocycles. The summed E-state index contributed by atoms with van der Waals surface area (Å²) in [6.45, 7) is 0.377. The van der Waals surface area contributed by atoms with Crippen LogP contribution in [0.15, 0.2) is 77.7 Å². The van der Waals surface area contributed by atoms with E-state index in [2.05, 4.69) is 5.32 Å². The molecule has 0 atom stereocenters. The molecule has 28 heavy (non-hydrogen) atoms. The molecule has 1 amide bonds. The second-order valence-corrected chi connectivity index (χ2v) is 8.19. The van der Waals surface area contributed by atoms with Gasteiger partial charge in [-0.05, 0) is 48.0 Å². The third kappa shape index (κ3) is 4.89. The van der Waals surface area contributed by atoms with Gasteiger partial charge in [0, 0.05) is 17.5 Å². The van der Waals surface area contributed by atoms with Crippen molar-refractivity contribution >= 4 is 21.4 Å². The first-order chi connectivity index (χ1) is 13.3. The number of phenolic OH excluding ortho intramolecular Hbond substituents is 1. The first kappa shape index (κ1) is 19.4. The first-order valence-electron chi connectivity index (χ1n) is 8.44. The number of nitrogens with one attached hydrogen (secondary N) is 1. The molecule has 0 fully saturated rings. The third-order valence-electron chi connectivity index (χ3n) is 3.98. The molecule has 7 heteroatoms. The van der Waals surface area contributed by atoms with Crippen LogP contribution in [0.5, 0.6) is 11.5 Å².